The lowest BCUT2D eigenvalue weighted by atomic mass is 10.1. The van der Waals surface area contributed by atoms with E-state index in [2.05, 4.69) is 26.3 Å². The van der Waals surface area contributed by atoms with Crippen molar-refractivity contribution in [2.45, 2.75) is 51.7 Å². The smallest absolute Gasteiger partial charge is 0.410 e. The highest BCUT2D eigenvalue weighted by Gasteiger charge is 2.27. The summed E-state index contributed by atoms with van der Waals surface area (Å²) in [7, 11) is 0. The molecule has 0 aliphatic carbocycles. The molecule has 0 bridgehead atoms. The van der Waals surface area contributed by atoms with Gasteiger partial charge in [-0.05, 0) is 50.9 Å². The van der Waals surface area contributed by atoms with Crippen LogP contribution >= 0.6 is 0 Å². The highest BCUT2D eigenvalue weighted by Crippen LogP contribution is 2.28. The van der Waals surface area contributed by atoms with Crippen LogP contribution in [0.2, 0.25) is 0 Å². The van der Waals surface area contributed by atoms with Crippen LogP contribution in [0.4, 0.5) is 20.7 Å². The molecule has 0 spiro atoms. The SMILES string of the molecule is CC(C)OC(=O)N1CCC(Oc2ncnc(Nc3ccc(CCCN4CCOCC4)cc3F)c2C#N)CC1. The molecular weight excluding hydrogens is 491 g/mol. The number of nitriles is 1. The first-order chi connectivity index (χ1) is 18.4. The number of likely N-dealkylation sites (tertiary alicyclic amines) is 1. The van der Waals surface area contributed by atoms with E-state index in [4.69, 9.17) is 14.2 Å². The number of aromatic nitrogens is 2. The van der Waals surface area contributed by atoms with Gasteiger partial charge in [0.05, 0.1) is 25.0 Å². The van der Waals surface area contributed by atoms with E-state index >= 15 is 0 Å². The second-order valence-corrected chi connectivity index (χ2v) is 9.75. The number of nitrogens with one attached hydrogen (secondary N) is 1. The van der Waals surface area contributed by atoms with E-state index in [1.165, 1.54) is 12.4 Å². The van der Waals surface area contributed by atoms with Gasteiger partial charge in [-0.25, -0.2) is 19.2 Å². The number of aryl methyl sites for hydroxylation is 1. The van der Waals surface area contributed by atoms with E-state index in [0.717, 1.165) is 51.3 Å². The number of nitrogens with zero attached hydrogens (tertiary/aromatic N) is 5. The van der Waals surface area contributed by atoms with Gasteiger partial charge in [0.25, 0.3) is 0 Å². The number of hydrogen-bond donors (Lipinski definition) is 1. The maximum atomic E-state index is 14.9. The van der Waals surface area contributed by atoms with Gasteiger partial charge in [-0.3, -0.25) is 4.90 Å². The van der Waals surface area contributed by atoms with Crippen LogP contribution < -0.4 is 10.1 Å². The van der Waals surface area contributed by atoms with Crippen molar-refractivity contribution >= 4 is 17.6 Å². The average molecular weight is 527 g/mol. The minimum atomic E-state index is -0.417. The summed E-state index contributed by atoms with van der Waals surface area (Å²) in [6, 6.07) is 7.14. The van der Waals surface area contributed by atoms with Gasteiger partial charge in [-0.2, -0.15) is 5.26 Å². The van der Waals surface area contributed by atoms with Crippen LogP contribution in [0.5, 0.6) is 5.88 Å². The number of amides is 1. The molecule has 0 unspecified atom stereocenters. The van der Waals surface area contributed by atoms with Gasteiger partial charge in [0.1, 0.15) is 24.3 Å². The van der Waals surface area contributed by atoms with Crippen molar-refractivity contribution in [1.29, 1.82) is 5.26 Å². The molecule has 4 rings (SSSR count). The largest absolute Gasteiger partial charge is 0.473 e. The third kappa shape index (κ3) is 7.52. The number of carbonyl (C=O) groups is 1. The molecule has 2 aliphatic rings. The minimum Gasteiger partial charge on any atom is -0.473 e. The fourth-order valence-electron chi connectivity index (χ4n) is 4.52. The van der Waals surface area contributed by atoms with Crippen LogP contribution in [0.1, 0.15) is 44.2 Å². The molecule has 10 nitrogen and oxygen atoms in total. The molecule has 2 fully saturated rings. The van der Waals surface area contributed by atoms with Crippen molar-refractivity contribution in [3.05, 3.63) is 41.5 Å². The maximum Gasteiger partial charge on any atom is 0.410 e. The van der Waals surface area contributed by atoms with E-state index < -0.39 is 5.82 Å². The van der Waals surface area contributed by atoms with Crippen molar-refractivity contribution in [2.24, 2.45) is 0 Å². The Morgan fingerprint density at radius 1 is 1.24 bits per heavy atom. The Morgan fingerprint density at radius 2 is 2.00 bits per heavy atom. The van der Waals surface area contributed by atoms with E-state index in [0.29, 0.717) is 25.9 Å². The predicted molar refractivity (Wildman–Crippen MR) is 139 cm³/mol. The molecule has 11 heteroatoms. The van der Waals surface area contributed by atoms with Gasteiger partial charge in [-0.15, -0.1) is 0 Å². The number of anilines is 2. The number of hydrogen-bond acceptors (Lipinski definition) is 9. The number of rotatable bonds is 9. The zero-order valence-electron chi connectivity index (χ0n) is 22.0. The molecule has 0 radical (unpaired) electrons. The molecule has 0 saturated carbocycles. The zero-order valence-corrected chi connectivity index (χ0v) is 22.0. The molecule has 1 N–H and O–H groups in total. The van der Waals surface area contributed by atoms with E-state index in [-0.39, 0.29) is 41.2 Å². The molecule has 38 heavy (non-hydrogen) atoms. The Bertz CT molecular complexity index is 1130. The summed E-state index contributed by atoms with van der Waals surface area (Å²) in [4.78, 5) is 24.4. The van der Waals surface area contributed by atoms with Crippen LogP contribution in [0.25, 0.3) is 0 Å². The molecule has 3 heterocycles. The summed E-state index contributed by atoms with van der Waals surface area (Å²) in [5.41, 5.74) is 1.24. The van der Waals surface area contributed by atoms with E-state index in [1.54, 1.807) is 11.0 Å². The monoisotopic (exact) mass is 526 g/mol. The number of morpholine rings is 1. The lowest BCUT2D eigenvalue weighted by Gasteiger charge is -2.31. The Balaban J connectivity index is 1.34. The molecule has 1 aromatic carbocycles. The van der Waals surface area contributed by atoms with Crippen molar-refractivity contribution in [2.75, 3.05) is 51.3 Å². The lowest BCUT2D eigenvalue weighted by Crippen LogP contribution is -2.42. The number of benzene rings is 1. The third-order valence-electron chi connectivity index (χ3n) is 6.57. The van der Waals surface area contributed by atoms with Crippen LogP contribution in [-0.2, 0) is 15.9 Å². The van der Waals surface area contributed by atoms with Crippen molar-refractivity contribution in [3.63, 3.8) is 0 Å². The molecule has 2 aromatic rings. The number of carbonyl (C=O) groups excluding carboxylic acids is 1. The van der Waals surface area contributed by atoms with Crippen LogP contribution in [0, 0.1) is 17.1 Å². The lowest BCUT2D eigenvalue weighted by molar-refractivity contribution is 0.0374. The second-order valence-electron chi connectivity index (χ2n) is 9.75. The molecule has 2 saturated heterocycles. The van der Waals surface area contributed by atoms with Gasteiger partial charge in [0, 0.05) is 39.0 Å². The van der Waals surface area contributed by atoms with E-state index in [9.17, 15) is 14.4 Å². The summed E-state index contributed by atoms with van der Waals surface area (Å²) >= 11 is 0. The number of ether oxygens (including phenoxy) is 3. The summed E-state index contributed by atoms with van der Waals surface area (Å²) in [6.07, 6.45) is 3.41. The first-order valence-electron chi connectivity index (χ1n) is 13.2. The average Bonchev–Trinajstić information content (AvgIpc) is 2.91. The standard InChI is InChI=1S/C27H35FN6O4/c1-19(2)37-27(35)34-10-7-21(8-11-34)38-26-22(17-29)25(30-18-31-26)32-24-6-5-20(16-23(24)28)4-3-9-33-12-14-36-15-13-33/h5-6,16,18-19,21H,3-4,7-15H2,1-2H3,(H,30,31,32). The van der Waals surface area contributed by atoms with Gasteiger partial charge in [0.15, 0.2) is 11.4 Å². The number of halogens is 1. The topological polar surface area (TPSA) is 113 Å². The van der Waals surface area contributed by atoms with E-state index in [1.807, 2.05) is 19.9 Å². The Kier molecular flexibility index (Phi) is 9.67. The Morgan fingerprint density at radius 3 is 2.68 bits per heavy atom. The highest BCUT2D eigenvalue weighted by atomic mass is 19.1. The minimum absolute atomic E-state index is 0.100. The predicted octanol–water partition coefficient (Wildman–Crippen LogP) is 3.88. The van der Waals surface area contributed by atoms with Crippen LogP contribution in [-0.4, -0.2) is 84.0 Å². The first kappa shape index (κ1) is 27.5. The molecule has 1 aromatic heterocycles. The van der Waals surface area contributed by atoms with Crippen molar-refractivity contribution in [3.8, 4) is 11.9 Å². The van der Waals surface area contributed by atoms with Crippen LogP contribution in [0.15, 0.2) is 24.5 Å². The number of piperidine rings is 1. The molecule has 1 amide bonds. The van der Waals surface area contributed by atoms with Crippen molar-refractivity contribution in [1.82, 2.24) is 19.8 Å². The quantitative estimate of drug-likeness (QED) is 0.520. The van der Waals surface area contributed by atoms with Gasteiger partial charge in [-0.1, -0.05) is 6.07 Å². The summed E-state index contributed by atoms with van der Waals surface area (Å²) in [5, 5.41) is 12.7. The molecule has 2 aliphatic heterocycles. The van der Waals surface area contributed by atoms with Gasteiger partial charge in [0.2, 0.25) is 5.88 Å². The summed E-state index contributed by atoms with van der Waals surface area (Å²) < 4.78 is 31.6. The van der Waals surface area contributed by atoms with Gasteiger partial charge < -0.3 is 24.4 Å². The maximum absolute atomic E-state index is 14.9. The fourth-order valence-corrected chi connectivity index (χ4v) is 4.52. The Labute approximate surface area is 222 Å². The van der Waals surface area contributed by atoms with Crippen molar-refractivity contribution < 1.29 is 23.4 Å². The molecule has 204 valence electrons. The first-order valence-corrected chi connectivity index (χ1v) is 13.2. The Hall–Kier alpha value is -3.49. The second kappa shape index (κ2) is 13.3. The molecule has 0 atom stereocenters. The van der Waals surface area contributed by atoms with Gasteiger partial charge >= 0.3 is 6.09 Å². The summed E-state index contributed by atoms with van der Waals surface area (Å²) in [6.45, 7) is 8.97. The zero-order chi connectivity index (χ0) is 26.9. The highest BCUT2D eigenvalue weighted by molar-refractivity contribution is 5.68. The summed E-state index contributed by atoms with van der Waals surface area (Å²) in [5.74, 6) is -0.109. The molecular formula is C27H35FN6O4. The normalized spacial score (nSPS) is 16.8. The fraction of sp³-hybridized carbons (Fsp3) is 0.556. The third-order valence-corrected chi connectivity index (χ3v) is 6.57. The van der Waals surface area contributed by atoms with Crippen LogP contribution in [0.3, 0.4) is 0 Å².